The van der Waals surface area contributed by atoms with E-state index in [0.29, 0.717) is 5.02 Å². The molecule has 1 heterocycles. The van der Waals surface area contributed by atoms with Gasteiger partial charge < -0.3 is 9.84 Å². The molecule has 0 amide bonds. The average Bonchev–Trinajstić information content (AvgIpc) is 2.82. The van der Waals surface area contributed by atoms with Crippen LogP contribution in [-0.2, 0) is 6.54 Å². The van der Waals surface area contributed by atoms with Gasteiger partial charge in [0, 0.05) is 37.7 Å². The number of aliphatic hydroxyl groups excluding tert-OH is 1. The van der Waals surface area contributed by atoms with Gasteiger partial charge in [0.25, 0.3) is 0 Å². The number of piperazine rings is 1. The minimum Gasteiger partial charge on any atom is -0.497 e. The van der Waals surface area contributed by atoms with Gasteiger partial charge in [0.05, 0.1) is 19.3 Å². The zero-order valence-corrected chi connectivity index (χ0v) is 19.8. The van der Waals surface area contributed by atoms with Crippen LogP contribution in [0.3, 0.4) is 0 Å². The first-order chi connectivity index (χ1) is 15.2. The van der Waals surface area contributed by atoms with E-state index < -0.39 is 6.10 Å². The van der Waals surface area contributed by atoms with Crippen LogP contribution >= 0.6 is 24.0 Å². The third kappa shape index (κ3) is 5.83. The lowest BCUT2D eigenvalue weighted by Crippen LogP contribution is -2.48. The standard InChI is InChI=1S/C26H29ClN2O2.ClH/c1-31-22-13-11-20(12-14-22)19-28-15-17-29(18-16-28)25(23-9-5-6-10-24(23)27)26(30)21-7-3-2-4-8-21;/h2-14,25-26,30H,15-19H2,1H3;1H. The Morgan fingerprint density at radius 1 is 0.875 bits per heavy atom. The second-order valence-corrected chi connectivity index (χ2v) is 8.39. The summed E-state index contributed by atoms with van der Waals surface area (Å²) in [6.07, 6.45) is -0.644. The summed E-state index contributed by atoms with van der Waals surface area (Å²) in [4.78, 5) is 4.82. The number of rotatable bonds is 7. The van der Waals surface area contributed by atoms with Crippen LogP contribution < -0.4 is 4.74 Å². The van der Waals surface area contributed by atoms with Crippen molar-refractivity contribution in [1.82, 2.24) is 9.80 Å². The lowest BCUT2D eigenvalue weighted by molar-refractivity contribution is 0.0149. The minimum absolute atomic E-state index is 0. The van der Waals surface area contributed by atoms with Crippen LogP contribution in [0.4, 0.5) is 0 Å². The van der Waals surface area contributed by atoms with E-state index in [4.69, 9.17) is 16.3 Å². The predicted octanol–water partition coefficient (Wildman–Crippen LogP) is 5.36. The molecule has 1 saturated heterocycles. The van der Waals surface area contributed by atoms with Gasteiger partial charge >= 0.3 is 0 Å². The molecule has 170 valence electrons. The molecule has 3 aromatic rings. The first-order valence-electron chi connectivity index (χ1n) is 10.7. The van der Waals surface area contributed by atoms with E-state index >= 15 is 0 Å². The highest BCUT2D eigenvalue weighted by Gasteiger charge is 2.32. The summed E-state index contributed by atoms with van der Waals surface area (Å²) in [5.41, 5.74) is 3.17. The summed E-state index contributed by atoms with van der Waals surface area (Å²) >= 11 is 6.57. The largest absolute Gasteiger partial charge is 0.497 e. The van der Waals surface area contributed by atoms with Gasteiger partial charge in [0.1, 0.15) is 5.75 Å². The fraction of sp³-hybridized carbons (Fsp3) is 0.308. The predicted molar refractivity (Wildman–Crippen MR) is 133 cm³/mol. The van der Waals surface area contributed by atoms with E-state index in [1.165, 1.54) is 5.56 Å². The molecule has 1 fully saturated rings. The summed E-state index contributed by atoms with van der Waals surface area (Å²) in [5.74, 6) is 0.881. The number of halogens is 2. The van der Waals surface area contributed by atoms with Gasteiger partial charge in [-0.05, 0) is 34.9 Å². The Morgan fingerprint density at radius 3 is 2.12 bits per heavy atom. The van der Waals surface area contributed by atoms with Gasteiger partial charge in [-0.1, -0.05) is 72.3 Å². The molecule has 1 N–H and O–H groups in total. The minimum atomic E-state index is -0.644. The van der Waals surface area contributed by atoms with Crippen LogP contribution in [0.2, 0.25) is 5.02 Å². The molecule has 0 aromatic heterocycles. The highest BCUT2D eigenvalue weighted by atomic mass is 35.5. The normalized spacial score (nSPS) is 16.7. The van der Waals surface area contributed by atoms with E-state index in [0.717, 1.165) is 49.6 Å². The van der Waals surface area contributed by atoms with Gasteiger partial charge in [-0.25, -0.2) is 0 Å². The molecular weight excluding hydrogens is 443 g/mol. The number of nitrogens with zero attached hydrogens (tertiary/aromatic N) is 2. The number of ether oxygens (including phenoxy) is 1. The van der Waals surface area contributed by atoms with Crippen molar-refractivity contribution in [2.75, 3.05) is 33.3 Å². The van der Waals surface area contributed by atoms with E-state index in [2.05, 4.69) is 21.9 Å². The fourth-order valence-electron chi connectivity index (χ4n) is 4.30. The second kappa shape index (κ2) is 11.7. The maximum atomic E-state index is 11.3. The van der Waals surface area contributed by atoms with Crippen molar-refractivity contribution in [2.24, 2.45) is 0 Å². The van der Waals surface area contributed by atoms with E-state index in [-0.39, 0.29) is 18.4 Å². The molecule has 0 radical (unpaired) electrons. The number of methoxy groups -OCH3 is 1. The molecule has 1 aliphatic heterocycles. The number of benzene rings is 3. The van der Waals surface area contributed by atoms with Crippen molar-refractivity contribution in [3.63, 3.8) is 0 Å². The van der Waals surface area contributed by atoms with Gasteiger partial charge in [0.15, 0.2) is 0 Å². The quantitative estimate of drug-likeness (QED) is 0.501. The van der Waals surface area contributed by atoms with Gasteiger partial charge in [0.2, 0.25) is 0 Å². The lowest BCUT2D eigenvalue weighted by atomic mass is 9.93. The van der Waals surface area contributed by atoms with Crippen LogP contribution in [0.15, 0.2) is 78.9 Å². The van der Waals surface area contributed by atoms with Crippen molar-refractivity contribution in [3.8, 4) is 5.75 Å². The maximum Gasteiger partial charge on any atom is 0.118 e. The Kier molecular flexibility index (Phi) is 8.97. The summed E-state index contributed by atoms with van der Waals surface area (Å²) in [5, 5.41) is 12.0. The SMILES string of the molecule is COc1ccc(CN2CCN(C(c3ccccc3Cl)C(O)c3ccccc3)CC2)cc1.Cl. The number of aliphatic hydroxyl groups is 1. The Balaban J connectivity index is 0.00000289. The zero-order chi connectivity index (χ0) is 21.6. The van der Waals surface area contributed by atoms with E-state index in [1.54, 1.807) is 7.11 Å². The summed E-state index contributed by atoms with van der Waals surface area (Å²) < 4.78 is 5.26. The molecule has 0 aliphatic carbocycles. The highest BCUT2D eigenvalue weighted by molar-refractivity contribution is 6.31. The lowest BCUT2D eigenvalue weighted by Gasteiger charge is -2.41. The molecule has 2 unspecified atom stereocenters. The van der Waals surface area contributed by atoms with Gasteiger partial charge in [-0.3, -0.25) is 9.80 Å². The molecule has 0 bridgehead atoms. The maximum absolute atomic E-state index is 11.3. The van der Waals surface area contributed by atoms with Crippen LogP contribution in [0.5, 0.6) is 5.75 Å². The van der Waals surface area contributed by atoms with Crippen molar-refractivity contribution >= 4 is 24.0 Å². The molecule has 0 spiro atoms. The molecule has 32 heavy (non-hydrogen) atoms. The van der Waals surface area contributed by atoms with Crippen LogP contribution in [0.1, 0.15) is 28.8 Å². The Bertz CT molecular complexity index is 961. The Labute approximate surface area is 201 Å². The highest BCUT2D eigenvalue weighted by Crippen LogP contribution is 2.38. The van der Waals surface area contributed by atoms with E-state index in [1.807, 2.05) is 66.7 Å². The average molecular weight is 473 g/mol. The zero-order valence-electron chi connectivity index (χ0n) is 18.2. The molecule has 2 atom stereocenters. The van der Waals surface area contributed by atoms with Gasteiger partial charge in [-0.2, -0.15) is 0 Å². The molecule has 0 saturated carbocycles. The summed E-state index contributed by atoms with van der Waals surface area (Å²) in [7, 11) is 1.69. The van der Waals surface area contributed by atoms with Crippen molar-refractivity contribution in [2.45, 2.75) is 18.7 Å². The van der Waals surface area contributed by atoms with Crippen LogP contribution in [-0.4, -0.2) is 48.2 Å². The third-order valence-corrected chi connectivity index (χ3v) is 6.37. The first kappa shape index (κ1) is 24.6. The topological polar surface area (TPSA) is 35.9 Å². The monoisotopic (exact) mass is 472 g/mol. The summed E-state index contributed by atoms with van der Waals surface area (Å²) in [6.45, 7) is 4.53. The fourth-order valence-corrected chi connectivity index (χ4v) is 4.55. The first-order valence-corrected chi connectivity index (χ1v) is 11.1. The molecular formula is C26H30Cl2N2O2. The Morgan fingerprint density at radius 2 is 1.50 bits per heavy atom. The Hall–Kier alpha value is -2.08. The molecule has 4 nitrogen and oxygen atoms in total. The van der Waals surface area contributed by atoms with Crippen molar-refractivity contribution in [1.29, 1.82) is 0 Å². The smallest absolute Gasteiger partial charge is 0.118 e. The van der Waals surface area contributed by atoms with Gasteiger partial charge in [-0.15, -0.1) is 12.4 Å². The van der Waals surface area contributed by atoms with Crippen LogP contribution in [0, 0.1) is 0 Å². The van der Waals surface area contributed by atoms with Crippen molar-refractivity contribution < 1.29 is 9.84 Å². The molecule has 3 aromatic carbocycles. The molecule has 6 heteroatoms. The number of hydrogen-bond donors (Lipinski definition) is 1. The molecule has 4 rings (SSSR count). The second-order valence-electron chi connectivity index (χ2n) is 7.98. The summed E-state index contributed by atoms with van der Waals surface area (Å²) in [6, 6.07) is 25.8. The third-order valence-electron chi connectivity index (χ3n) is 6.03. The molecule has 1 aliphatic rings. The number of hydrogen-bond acceptors (Lipinski definition) is 4. The van der Waals surface area contributed by atoms with E-state index in [9.17, 15) is 5.11 Å². The van der Waals surface area contributed by atoms with Crippen LogP contribution in [0.25, 0.3) is 0 Å². The van der Waals surface area contributed by atoms with Crippen molar-refractivity contribution in [3.05, 3.63) is 101 Å².